The van der Waals surface area contributed by atoms with Gasteiger partial charge in [-0.2, -0.15) is 0 Å². The first kappa shape index (κ1) is 12.0. The van der Waals surface area contributed by atoms with Crippen LogP contribution in [0, 0.1) is 0 Å². The lowest BCUT2D eigenvalue weighted by Crippen LogP contribution is -2.48. The number of nitrogens with zero attached hydrogens (tertiary/aromatic N) is 1. The van der Waals surface area contributed by atoms with E-state index in [0.717, 1.165) is 12.8 Å². The molecule has 2 amide bonds. The van der Waals surface area contributed by atoms with Crippen molar-refractivity contribution in [2.45, 2.75) is 31.3 Å². The van der Waals surface area contributed by atoms with Gasteiger partial charge in [-0.3, -0.25) is 4.90 Å². The maximum absolute atomic E-state index is 12.2. The van der Waals surface area contributed by atoms with Crippen molar-refractivity contribution in [2.75, 3.05) is 0 Å². The number of fused-ring (bicyclic) bond motifs is 3. The molecule has 1 fully saturated rings. The van der Waals surface area contributed by atoms with Gasteiger partial charge >= 0.3 is 6.03 Å². The van der Waals surface area contributed by atoms with Crippen LogP contribution in [0.1, 0.15) is 30.9 Å². The minimum absolute atomic E-state index is 0.0144. The number of urea groups is 1. The van der Waals surface area contributed by atoms with Crippen molar-refractivity contribution in [1.29, 1.82) is 0 Å². The molecule has 19 heavy (non-hydrogen) atoms. The molecule has 1 saturated heterocycles. The van der Waals surface area contributed by atoms with Crippen LogP contribution in [0.4, 0.5) is 4.79 Å². The lowest BCUT2D eigenvalue weighted by Gasteiger charge is -2.42. The first-order chi connectivity index (χ1) is 9.24. The zero-order chi connectivity index (χ0) is 13.5. The molecule has 98 valence electrons. The first-order valence-corrected chi connectivity index (χ1v) is 6.72. The molecule has 2 aliphatic rings. The Morgan fingerprint density at radius 2 is 2.26 bits per heavy atom. The molecule has 0 aromatic heterocycles. The Hall–Kier alpha value is -2.03. The molecule has 2 atom stereocenters. The highest BCUT2D eigenvalue weighted by Crippen LogP contribution is 2.45. The molecule has 2 heterocycles. The van der Waals surface area contributed by atoms with Crippen LogP contribution in [0.2, 0.25) is 0 Å². The monoisotopic (exact) mass is 254 g/mol. The van der Waals surface area contributed by atoms with Gasteiger partial charge in [-0.1, -0.05) is 37.3 Å². The van der Waals surface area contributed by atoms with E-state index in [1.54, 1.807) is 0 Å². The predicted octanol–water partition coefficient (Wildman–Crippen LogP) is 3.25. The Balaban J connectivity index is 2.24. The van der Waals surface area contributed by atoms with Crippen LogP contribution in [0.5, 0.6) is 0 Å². The summed E-state index contributed by atoms with van der Waals surface area (Å²) < 4.78 is 0. The van der Waals surface area contributed by atoms with Crippen LogP contribution < -0.4 is 5.32 Å². The zero-order valence-corrected chi connectivity index (χ0v) is 11.1. The number of hydrogen-bond donors (Lipinski definition) is 1. The molecule has 0 saturated carbocycles. The quantitative estimate of drug-likeness (QED) is 0.825. The van der Waals surface area contributed by atoms with Gasteiger partial charge in [-0.15, -0.1) is 6.58 Å². The highest BCUT2D eigenvalue weighted by Gasteiger charge is 2.53. The molecule has 1 aromatic rings. The third kappa shape index (κ3) is 1.47. The number of amides is 2. The van der Waals surface area contributed by atoms with E-state index >= 15 is 0 Å². The molecule has 3 heteroatoms. The molecular weight excluding hydrogens is 236 g/mol. The maximum atomic E-state index is 12.2. The minimum Gasteiger partial charge on any atom is -0.332 e. The zero-order valence-electron chi connectivity index (χ0n) is 11.1. The van der Waals surface area contributed by atoms with Gasteiger partial charge in [0, 0.05) is 6.20 Å². The summed E-state index contributed by atoms with van der Waals surface area (Å²) in [4.78, 5) is 14.0. The van der Waals surface area contributed by atoms with Crippen molar-refractivity contribution < 1.29 is 4.79 Å². The van der Waals surface area contributed by atoms with Gasteiger partial charge in [-0.25, -0.2) is 4.79 Å². The van der Waals surface area contributed by atoms with Crippen LogP contribution in [0.15, 0.2) is 43.1 Å². The Morgan fingerprint density at radius 1 is 1.47 bits per heavy atom. The number of carbonyl (C=O) groups is 1. The largest absolute Gasteiger partial charge is 0.332 e. The molecule has 0 unspecified atom stereocenters. The van der Waals surface area contributed by atoms with Gasteiger partial charge in [0.25, 0.3) is 0 Å². The van der Waals surface area contributed by atoms with E-state index in [9.17, 15) is 4.79 Å². The van der Waals surface area contributed by atoms with Crippen LogP contribution in [0.3, 0.4) is 0 Å². The summed E-state index contributed by atoms with van der Waals surface area (Å²) in [5.41, 5.74) is 2.08. The summed E-state index contributed by atoms with van der Waals surface area (Å²) in [6.45, 7) is 6.00. The summed E-state index contributed by atoms with van der Waals surface area (Å²) >= 11 is 0. The molecule has 1 aromatic carbocycles. The lowest BCUT2D eigenvalue weighted by molar-refractivity contribution is 0.175. The molecule has 0 radical (unpaired) electrons. The number of rotatable bonds is 3. The number of hydrogen-bond acceptors (Lipinski definition) is 1. The van der Waals surface area contributed by atoms with Crippen LogP contribution in [0.25, 0.3) is 6.08 Å². The van der Waals surface area contributed by atoms with Gasteiger partial charge in [0.05, 0.1) is 11.6 Å². The molecule has 0 spiro atoms. The Kier molecular flexibility index (Phi) is 2.70. The molecule has 3 nitrogen and oxygen atoms in total. The summed E-state index contributed by atoms with van der Waals surface area (Å²) in [5, 5.41) is 3.10. The third-order valence-corrected chi connectivity index (χ3v) is 4.22. The summed E-state index contributed by atoms with van der Waals surface area (Å²) in [6.07, 6.45) is 7.47. The van der Waals surface area contributed by atoms with E-state index in [1.165, 1.54) is 11.1 Å². The smallest absolute Gasteiger partial charge is 0.322 e. The second kappa shape index (κ2) is 4.26. The van der Waals surface area contributed by atoms with E-state index in [4.69, 9.17) is 0 Å². The van der Waals surface area contributed by atoms with Crippen molar-refractivity contribution in [3.05, 3.63) is 54.2 Å². The van der Waals surface area contributed by atoms with E-state index in [0.29, 0.717) is 0 Å². The first-order valence-electron chi connectivity index (χ1n) is 6.72. The summed E-state index contributed by atoms with van der Waals surface area (Å²) in [5.74, 6) is 0. The standard InChI is InChI=1S/C16H18N2O/c1-3-10-16-13-8-6-5-7-12(13)9-11-18(16)15(19)17-14(16)4-2/h3,5-9,11,14H,1,4,10H2,2H3,(H,17,19)/t14-,16+/m0/s1. The fraction of sp³-hybridized carbons (Fsp3) is 0.312. The van der Waals surface area contributed by atoms with Gasteiger partial charge in [0.2, 0.25) is 0 Å². The Labute approximate surface area is 113 Å². The van der Waals surface area contributed by atoms with Crippen molar-refractivity contribution in [2.24, 2.45) is 0 Å². The fourth-order valence-electron chi connectivity index (χ4n) is 3.41. The number of carbonyl (C=O) groups excluding carboxylic acids is 1. The van der Waals surface area contributed by atoms with Gasteiger partial charge in [0.1, 0.15) is 0 Å². The molecule has 0 aliphatic carbocycles. The van der Waals surface area contributed by atoms with Gasteiger partial charge in [-0.05, 0) is 30.0 Å². The van der Waals surface area contributed by atoms with E-state index in [-0.39, 0.29) is 17.6 Å². The van der Waals surface area contributed by atoms with E-state index in [2.05, 4.69) is 31.0 Å². The van der Waals surface area contributed by atoms with Crippen LogP contribution >= 0.6 is 0 Å². The highest BCUT2D eigenvalue weighted by molar-refractivity contribution is 5.83. The van der Waals surface area contributed by atoms with Crippen LogP contribution in [-0.4, -0.2) is 17.0 Å². The fourth-order valence-corrected chi connectivity index (χ4v) is 3.41. The molecule has 3 rings (SSSR count). The molecular formula is C16H18N2O. The summed E-state index contributed by atoms with van der Waals surface area (Å²) in [7, 11) is 0. The van der Waals surface area contributed by atoms with Gasteiger partial charge in [0.15, 0.2) is 0 Å². The highest BCUT2D eigenvalue weighted by atomic mass is 16.2. The third-order valence-electron chi connectivity index (χ3n) is 4.22. The molecule has 0 bridgehead atoms. The SMILES string of the molecule is C=CC[C@]12c3ccccc3C=CN1C(=O)N[C@H]2CC. The maximum Gasteiger partial charge on any atom is 0.322 e. The van der Waals surface area contributed by atoms with E-state index < -0.39 is 0 Å². The second-order valence-electron chi connectivity index (χ2n) is 5.10. The number of nitrogens with one attached hydrogen (secondary N) is 1. The lowest BCUT2D eigenvalue weighted by atomic mass is 9.75. The van der Waals surface area contributed by atoms with Crippen molar-refractivity contribution in [3.8, 4) is 0 Å². The normalized spacial score (nSPS) is 27.7. The predicted molar refractivity (Wildman–Crippen MR) is 76.4 cm³/mol. The molecule has 2 aliphatic heterocycles. The second-order valence-corrected chi connectivity index (χ2v) is 5.10. The van der Waals surface area contributed by atoms with Crippen molar-refractivity contribution >= 4 is 12.1 Å². The van der Waals surface area contributed by atoms with Crippen LogP contribution in [-0.2, 0) is 5.54 Å². The van der Waals surface area contributed by atoms with Gasteiger partial charge < -0.3 is 5.32 Å². The van der Waals surface area contributed by atoms with Crippen molar-refractivity contribution in [1.82, 2.24) is 10.2 Å². The minimum atomic E-state index is -0.321. The van der Waals surface area contributed by atoms with Crippen molar-refractivity contribution in [3.63, 3.8) is 0 Å². The van der Waals surface area contributed by atoms with E-state index in [1.807, 2.05) is 35.4 Å². The summed E-state index contributed by atoms with van der Waals surface area (Å²) in [6, 6.07) is 8.40. The average molecular weight is 254 g/mol. The average Bonchev–Trinajstić information content (AvgIpc) is 2.72. The molecule has 1 N–H and O–H groups in total. The Bertz CT molecular complexity index is 564. The topological polar surface area (TPSA) is 32.3 Å². The Morgan fingerprint density at radius 3 is 3.00 bits per heavy atom. The number of benzene rings is 1.